The van der Waals surface area contributed by atoms with E-state index < -0.39 is 13.3 Å². The van der Waals surface area contributed by atoms with Crippen molar-refractivity contribution in [1.29, 1.82) is 0 Å². The fraction of sp³-hybridized carbons (Fsp3) is 0.260. The predicted molar refractivity (Wildman–Crippen MR) is 322 cm³/mol. The Labute approximate surface area is 446 Å². The van der Waals surface area contributed by atoms with Gasteiger partial charge in [-0.2, -0.15) is 0 Å². The van der Waals surface area contributed by atoms with Crippen molar-refractivity contribution in [1.82, 2.24) is 0 Å². The van der Waals surface area contributed by atoms with E-state index in [0.717, 1.165) is 25.7 Å². The summed E-state index contributed by atoms with van der Waals surface area (Å²) in [5.74, 6) is 0. The van der Waals surface area contributed by atoms with E-state index in [2.05, 4.69) is 276 Å². The van der Waals surface area contributed by atoms with Gasteiger partial charge in [-0.3, -0.25) is 0 Å². The van der Waals surface area contributed by atoms with Crippen LogP contribution in [-0.4, -0.2) is 13.3 Å². The average molecular weight is 1020 g/mol. The van der Waals surface area contributed by atoms with Crippen LogP contribution >= 0.6 is 0 Å². The normalized spacial score (nSPS) is 14.3. The molecule has 0 radical (unpaired) electrons. The minimum atomic E-state index is -3.77. The fourth-order valence-electron chi connectivity index (χ4n) is 13.6. The first-order valence-corrected chi connectivity index (χ1v) is 31.8. The molecule has 0 aromatic heterocycles. The van der Waals surface area contributed by atoms with E-state index in [9.17, 15) is 0 Å². The third-order valence-electron chi connectivity index (χ3n) is 18.0. The van der Waals surface area contributed by atoms with E-state index in [1.807, 2.05) is 0 Å². The fourth-order valence-corrected chi connectivity index (χ4v) is 23.6. The van der Waals surface area contributed by atoms with Gasteiger partial charge in [-0.15, -0.1) is 0 Å². The molecule has 1 heteroatoms. The summed E-state index contributed by atoms with van der Waals surface area (Å²) in [5.41, 5.74) is 23.1. The molecule has 0 bridgehead atoms. The van der Waals surface area contributed by atoms with Gasteiger partial charge in [0.15, 0.2) is 0 Å². The van der Waals surface area contributed by atoms with Gasteiger partial charge in [0.1, 0.15) is 0 Å². The van der Waals surface area contributed by atoms with Gasteiger partial charge < -0.3 is 0 Å². The number of rotatable bonds is 11. The molecule has 0 nitrogen and oxygen atoms in total. The van der Waals surface area contributed by atoms with E-state index in [1.165, 1.54) is 112 Å². The van der Waals surface area contributed by atoms with Crippen LogP contribution in [0.2, 0.25) is 0 Å². The van der Waals surface area contributed by atoms with Crippen LogP contribution in [0.5, 0.6) is 0 Å². The monoisotopic (exact) mass is 1020 g/mol. The molecule has 0 saturated carbocycles. The Kier molecular flexibility index (Phi) is 12.6. The summed E-state index contributed by atoms with van der Waals surface area (Å²) in [6, 6.07) is 79.3. The van der Waals surface area contributed by atoms with Gasteiger partial charge in [-0.25, -0.2) is 0 Å². The van der Waals surface area contributed by atoms with Crippen molar-refractivity contribution in [3.8, 4) is 55.6 Å². The molecule has 9 aromatic rings. The summed E-state index contributed by atoms with van der Waals surface area (Å²) in [5, 5.41) is 0. The summed E-state index contributed by atoms with van der Waals surface area (Å²) in [6.07, 6.45) is 4.18. The molecule has 0 amide bonds. The summed E-state index contributed by atoms with van der Waals surface area (Å²) >= 11 is -3.77. The van der Waals surface area contributed by atoms with Crippen LogP contribution in [0.3, 0.4) is 0 Å². The molecule has 2 aliphatic carbocycles. The summed E-state index contributed by atoms with van der Waals surface area (Å²) < 4.78 is 5.94. The van der Waals surface area contributed by atoms with Crippen LogP contribution in [-0.2, 0) is 21.7 Å². The Morgan fingerprint density at radius 3 is 1.04 bits per heavy atom. The number of benzene rings is 9. The SMILES string of the molecule is CCC1(CC)c2cc(C)ccc2-c2cc[c]([Ge]([c]3ccccc3)([c]3ccccc3)[c]3ccc4c(c3)C(CC)(CC)c3cc(-c5cc(-c6ccc(C(C)(C)C)cc6)cc(-c6ccc(C(C)(C)C)cc6)c5)ccc3-4)cc21. The van der Waals surface area contributed by atoms with Crippen molar-refractivity contribution in [2.75, 3.05) is 0 Å². The Hall–Kier alpha value is -6.48. The van der Waals surface area contributed by atoms with E-state index in [-0.39, 0.29) is 21.7 Å². The van der Waals surface area contributed by atoms with Crippen LogP contribution in [0.4, 0.5) is 0 Å². The summed E-state index contributed by atoms with van der Waals surface area (Å²) in [7, 11) is 0. The predicted octanol–water partition coefficient (Wildman–Crippen LogP) is 17.1. The van der Waals surface area contributed by atoms with Gasteiger partial charge >= 0.3 is 361 Å². The van der Waals surface area contributed by atoms with Crippen LogP contribution < -0.4 is 17.6 Å². The Morgan fingerprint density at radius 2 is 0.649 bits per heavy atom. The zero-order chi connectivity index (χ0) is 51.8. The number of fused-ring (bicyclic) bond motifs is 6. The topological polar surface area (TPSA) is 0 Å². The van der Waals surface area contributed by atoms with Gasteiger partial charge in [0.25, 0.3) is 0 Å². The van der Waals surface area contributed by atoms with Gasteiger partial charge in [-0.05, 0) is 22.0 Å². The van der Waals surface area contributed by atoms with E-state index in [0.29, 0.717) is 0 Å². The van der Waals surface area contributed by atoms with Crippen molar-refractivity contribution in [2.45, 2.75) is 124 Å². The molecule has 0 aliphatic heterocycles. The first-order chi connectivity index (χ1) is 35.6. The third kappa shape index (κ3) is 7.93. The Balaban J connectivity index is 1.09. The minimum absolute atomic E-state index is 0.0288. The molecule has 0 spiro atoms. The summed E-state index contributed by atoms with van der Waals surface area (Å²) in [6.45, 7) is 25.7. The molecular weight excluding hydrogens is 949 g/mol. The van der Waals surface area contributed by atoms with Crippen molar-refractivity contribution in [3.05, 3.63) is 239 Å². The zero-order valence-electron chi connectivity index (χ0n) is 45.9. The molecule has 0 atom stereocenters. The maximum atomic E-state index is 2.72. The van der Waals surface area contributed by atoms with E-state index in [1.54, 1.807) is 0 Å². The van der Waals surface area contributed by atoms with Crippen LogP contribution in [0.1, 0.15) is 134 Å². The second-order valence-electron chi connectivity index (χ2n) is 23.8. The molecule has 74 heavy (non-hydrogen) atoms. The van der Waals surface area contributed by atoms with Crippen molar-refractivity contribution >= 4 is 30.8 Å². The molecular formula is C73H74Ge. The Morgan fingerprint density at radius 1 is 0.311 bits per heavy atom. The van der Waals surface area contributed by atoms with Crippen molar-refractivity contribution < 1.29 is 0 Å². The van der Waals surface area contributed by atoms with Gasteiger partial charge in [0, 0.05) is 0 Å². The van der Waals surface area contributed by atoms with Crippen molar-refractivity contribution in [3.63, 3.8) is 0 Å². The summed E-state index contributed by atoms with van der Waals surface area (Å²) in [4.78, 5) is 0. The Bertz CT molecular complexity index is 3420. The van der Waals surface area contributed by atoms with Crippen LogP contribution in [0, 0.1) is 6.92 Å². The third-order valence-corrected chi connectivity index (χ3v) is 28.0. The molecule has 370 valence electrons. The zero-order valence-corrected chi connectivity index (χ0v) is 48.0. The number of hydrogen-bond acceptors (Lipinski definition) is 0. The molecule has 0 saturated heterocycles. The molecule has 2 aliphatic rings. The van der Waals surface area contributed by atoms with Gasteiger partial charge in [-0.1, -0.05) is 65.8 Å². The van der Waals surface area contributed by atoms with Gasteiger partial charge in [0.05, 0.1) is 0 Å². The molecule has 0 N–H and O–H groups in total. The van der Waals surface area contributed by atoms with Crippen LogP contribution in [0.15, 0.2) is 200 Å². The first-order valence-electron chi connectivity index (χ1n) is 27.6. The van der Waals surface area contributed by atoms with Crippen molar-refractivity contribution in [2.24, 2.45) is 0 Å². The van der Waals surface area contributed by atoms with Crippen LogP contribution in [0.25, 0.3) is 55.6 Å². The van der Waals surface area contributed by atoms with E-state index >= 15 is 0 Å². The number of aryl methyl sites for hydroxylation is 1. The molecule has 11 rings (SSSR count). The average Bonchev–Trinajstić information content (AvgIpc) is 3.86. The standard InChI is InChI=1S/C73H74Ge/c1-12-72(13-2)66-42-49(5)26-38-62(66)64-40-36-60(47-68(64)72)74(58-22-18-16-19-23-58,59-24-20-17-21-25-59)61-37-41-65-63-39-31-52(46-67(63)73(14-3,15-4)69(65)48-61)55-44-53(50-27-32-56(33-28-50)70(6,7)8)43-54(45-55)51-29-34-57(35-30-51)71(9,10)11/h16-48H,12-15H2,1-11H3. The second kappa shape index (κ2) is 18.7. The number of hydrogen-bond donors (Lipinski definition) is 0. The molecule has 9 aromatic carbocycles. The molecule has 0 fully saturated rings. The first kappa shape index (κ1) is 49.7. The van der Waals surface area contributed by atoms with Gasteiger partial charge in [0.2, 0.25) is 0 Å². The quantitative estimate of drug-likeness (QED) is 0.113. The molecule has 0 unspecified atom stereocenters. The second-order valence-corrected chi connectivity index (χ2v) is 31.8. The maximum absolute atomic E-state index is 3.77. The molecule has 0 heterocycles. The van der Waals surface area contributed by atoms with E-state index in [4.69, 9.17) is 0 Å².